The lowest BCUT2D eigenvalue weighted by Gasteiger charge is -2.08. The minimum atomic E-state index is -1.28. The second-order valence-electron chi connectivity index (χ2n) is 5.62. The first-order valence-corrected chi connectivity index (χ1v) is 9.77. The molecule has 1 aromatic heterocycles. The third kappa shape index (κ3) is 3.69. The van der Waals surface area contributed by atoms with Crippen molar-refractivity contribution < 1.29 is 0 Å². The minimum absolute atomic E-state index is 0.453. The molecule has 0 unspecified atom stereocenters. The Morgan fingerprint density at radius 1 is 1.35 bits per heavy atom. The van der Waals surface area contributed by atoms with E-state index in [1.165, 1.54) is 12.8 Å². The molecule has 1 saturated heterocycles. The highest BCUT2D eigenvalue weighted by molar-refractivity contribution is 6.83. The van der Waals surface area contributed by atoms with Crippen molar-refractivity contribution in [2.45, 2.75) is 38.5 Å². The first-order valence-electron chi connectivity index (χ1n) is 6.27. The molecule has 2 nitrogen and oxygen atoms in total. The van der Waals surface area contributed by atoms with Crippen molar-refractivity contribution in [2.24, 2.45) is 0 Å². The van der Waals surface area contributed by atoms with Crippen LogP contribution in [-0.2, 0) is 0 Å². The van der Waals surface area contributed by atoms with E-state index in [1.54, 1.807) is 0 Å². The van der Waals surface area contributed by atoms with E-state index in [4.69, 9.17) is 0 Å². The highest BCUT2D eigenvalue weighted by Gasteiger charge is 2.16. The monoisotopic (exact) mass is 244 g/mol. The number of aromatic nitrogens is 1. The maximum atomic E-state index is 4.51. The molecule has 0 saturated carbocycles. The van der Waals surface area contributed by atoms with Gasteiger partial charge in [0.05, 0.1) is 5.69 Å². The summed E-state index contributed by atoms with van der Waals surface area (Å²) >= 11 is 0. The Kier molecular flexibility index (Phi) is 3.65. The molecular formula is C14H20N2Si. The number of rotatable bonds is 1. The van der Waals surface area contributed by atoms with Crippen LogP contribution in [0.15, 0.2) is 18.3 Å². The van der Waals surface area contributed by atoms with Crippen molar-refractivity contribution in [3.63, 3.8) is 0 Å². The van der Waals surface area contributed by atoms with Gasteiger partial charge >= 0.3 is 0 Å². The van der Waals surface area contributed by atoms with Crippen LogP contribution < -0.4 is 5.32 Å². The molecule has 1 aliphatic rings. The summed E-state index contributed by atoms with van der Waals surface area (Å²) in [4.78, 5) is 4.51. The fourth-order valence-corrected chi connectivity index (χ4v) is 2.40. The number of hydrogen-bond donors (Lipinski definition) is 1. The Labute approximate surface area is 105 Å². The van der Waals surface area contributed by atoms with Crippen LogP contribution in [0.3, 0.4) is 0 Å². The van der Waals surface area contributed by atoms with Gasteiger partial charge in [0.25, 0.3) is 0 Å². The van der Waals surface area contributed by atoms with Gasteiger partial charge in [0.1, 0.15) is 8.07 Å². The summed E-state index contributed by atoms with van der Waals surface area (Å²) in [6.45, 7) is 7.88. The zero-order chi connectivity index (χ0) is 12.3. The maximum absolute atomic E-state index is 4.51. The second kappa shape index (κ2) is 5.03. The van der Waals surface area contributed by atoms with Crippen molar-refractivity contribution in [1.82, 2.24) is 10.3 Å². The molecule has 17 heavy (non-hydrogen) atoms. The van der Waals surface area contributed by atoms with Crippen LogP contribution in [0.1, 0.15) is 30.1 Å². The van der Waals surface area contributed by atoms with E-state index in [9.17, 15) is 0 Å². The largest absolute Gasteiger partial charge is 0.309 e. The quantitative estimate of drug-likeness (QED) is 0.607. The van der Waals surface area contributed by atoms with E-state index in [0.717, 1.165) is 17.8 Å². The summed E-state index contributed by atoms with van der Waals surface area (Å²) in [5, 5.41) is 3.46. The third-order valence-electron chi connectivity index (χ3n) is 2.79. The van der Waals surface area contributed by atoms with Crippen molar-refractivity contribution in [3.8, 4) is 11.5 Å². The van der Waals surface area contributed by atoms with Crippen LogP contribution >= 0.6 is 0 Å². The van der Waals surface area contributed by atoms with Gasteiger partial charge in [0, 0.05) is 17.8 Å². The molecule has 1 aliphatic heterocycles. The van der Waals surface area contributed by atoms with E-state index in [1.807, 2.05) is 6.20 Å². The molecule has 0 aromatic carbocycles. The van der Waals surface area contributed by atoms with Crippen molar-refractivity contribution in [2.75, 3.05) is 6.54 Å². The predicted molar refractivity (Wildman–Crippen MR) is 74.4 cm³/mol. The molecule has 0 spiro atoms. The topological polar surface area (TPSA) is 24.9 Å². The van der Waals surface area contributed by atoms with Crippen LogP contribution in [0.2, 0.25) is 19.6 Å². The molecule has 90 valence electrons. The van der Waals surface area contributed by atoms with Crippen LogP contribution in [-0.4, -0.2) is 19.6 Å². The SMILES string of the molecule is C[Si](C)(C)C#Cc1ccc([C@@H]2CCCN2)nc1. The summed E-state index contributed by atoms with van der Waals surface area (Å²) in [5.74, 6) is 3.23. The van der Waals surface area contributed by atoms with Gasteiger partial charge in [0.15, 0.2) is 0 Å². The lowest BCUT2D eigenvalue weighted by molar-refractivity contribution is 0.628. The lowest BCUT2D eigenvalue weighted by Crippen LogP contribution is -2.16. The van der Waals surface area contributed by atoms with Crippen LogP contribution in [0.25, 0.3) is 0 Å². The van der Waals surface area contributed by atoms with Gasteiger partial charge in [0.2, 0.25) is 0 Å². The van der Waals surface area contributed by atoms with Gasteiger partial charge < -0.3 is 5.32 Å². The Morgan fingerprint density at radius 2 is 2.18 bits per heavy atom. The maximum Gasteiger partial charge on any atom is 0.129 e. The minimum Gasteiger partial charge on any atom is -0.309 e. The number of pyridine rings is 1. The molecule has 0 bridgehead atoms. The summed E-state index contributed by atoms with van der Waals surface area (Å²) < 4.78 is 0. The molecule has 1 fully saturated rings. The molecule has 0 radical (unpaired) electrons. The fourth-order valence-electron chi connectivity index (χ4n) is 1.88. The van der Waals surface area contributed by atoms with Crippen LogP contribution in [0.5, 0.6) is 0 Å². The standard InChI is InChI=1S/C14H20N2Si/c1-17(2,3)10-8-12-6-7-14(16-11-12)13-5-4-9-15-13/h6-7,11,13,15H,4-5,9H2,1-3H3/t13-/m0/s1. The van der Waals surface area contributed by atoms with Crippen molar-refractivity contribution >= 4 is 8.07 Å². The number of hydrogen-bond acceptors (Lipinski definition) is 2. The van der Waals surface area contributed by atoms with Gasteiger partial charge in [-0.1, -0.05) is 25.6 Å². The van der Waals surface area contributed by atoms with Crippen LogP contribution in [0, 0.1) is 11.5 Å². The van der Waals surface area contributed by atoms with Crippen molar-refractivity contribution in [1.29, 1.82) is 0 Å². The fraction of sp³-hybridized carbons (Fsp3) is 0.500. The van der Waals surface area contributed by atoms with E-state index in [-0.39, 0.29) is 0 Å². The molecule has 2 heterocycles. The Morgan fingerprint density at radius 3 is 2.71 bits per heavy atom. The average molecular weight is 244 g/mol. The first kappa shape index (κ1) is 12.3. The number of nitrogens with zero attached hydrogens (tertiary/aromatic N) is 1. The van der Waals surface area contributed by atoms with E-state index < -0.39 is 8.07 Å². The van der Waals surface area contributed by atoms with Gasteiger partial charge in [-0.15, -0.1) is 5.54 Å². The molecule has 0 amide bonds. The lowest BCUT2D eigenvalue weighted by atomic mass is 10.1. The zero-order valence-corrected chi connectivity index (χ0v) is 11.9. The molecule has 1 N–H and O–H groups in total. The zero-order valence-electron chi connectivity index (χ0n) is 10.9. The Bertz CT molecular complexity index is 428. The summed E-state index contributed by atoms with van der Waals surface area (Å²) in [7, 11) is -1.28. The molecule has 1 atom stereocenters. The van der Waals surface area contributed by atoms with E-state index in [2.05, 4.69) is 53.5 Å². The normalized spacial score (nSPS) is 19.8. The molecular weight excluding hydrogens is 224 g/mol. The summed E-state index contributed by atoms with van der Waals surface area (Å²) in [6.07, 6.45) is 4.36. The summed E-state index contributed by atoms with van der Waals surface area (Å²) in [5.41, 5.74) is 5.55. The molecule has 3 heteroatoms. The van der Waals surface area contributed by atoms with Gasteiger partial charge in [-0.2, -0.15) is 0 Å². The Balaban J connectivity index is 2.09. The summed E-state index contributed by atoms with van der Waals surface area (Å²) in [6, 6.07) is 4.65. The van der Waals surface area contributed by atoms with E-state index >= 15 is 0 Å². The smallest absolute Gasteiger partial charge is 0.129 e. The van der Waals surface area contributed by atoms with Gasteiger partial charge in [-0.3, -0.25) is 4.98 Å². The average Bonchev–Trinajstić information content (AvgIpc) is 2.79. The highest BCUT2D eigenvalue weighted by Crippen LogP contribution is 2.20. The predicted octanol–water partition coefficient (Wildman–Crippen LogP) is 2.74. The number of nitrogens with one attached hydrogen (secondary N) is 1. The van der Waals surface area contributed by atoms with E-state index in [0.29, 0.717) is 6.04 Å². The molecule has 2 rings (SSSR count). The molecule has 0 aliphatic carbocycles. The van der Waals surface area contributed by atoms with Crippen molar-refractivity contribution in [3.05, 3.63) is 29.6 Å². The second-order valence-corrected chi connectivity index (χ2v) is 10.4. The third-order valence-corrected chi connectivity index (χ3v) is 3.66. The highest BCUT2D eigenvalue weighted by atomic mass is 28.3. The molecule has 1 aromatic rings. The Hall–Kier alpha value is -1.11. The van der Waals surface area contributed by atoms with Gasteiger partial charge in [-0.25, -0.2) is 0 Å². The van der Waals surface area contributed by atoms with Crippen LogP contribution in [0.4, 0.5) is 0 Å². The van der Waals surface area contributed by atoms with Gasteiger partial charge in [-0.05, 0) is 31.5 Å². The first-order chi connectivity index (χ1) is 8.04.